The molecule has 0 radical (unpaired) electrons. The first-order valence-electron chi connectivity index (χ1n) is 17.3. The van der Waals surface area contributed by atoms with Crippen molar-refractivity contribution in [1.82, 2.24) is 15.5 Å². The summed E-state index contributed by atoms with van der Waals surface area (Å²) in [5, 5.41) is 17.3. The highest BCUT2D eigenvalue weighted by Gasteiger charge is 2.58. The molecule has 9 atom stereocenters. The molecule has 2 amide bonds. The molecule has 3 saturated heterocycles. The zero-order valence-electron chi connectivity index (χ0n) is 29.3. The van der Waals surface area contributed by atoms with Gasteiger partial charge in [0.25, 0.3) is 0 Å². The normalized spacial score (nSPS) is 36.9. The number of carbonyl (C=O) groups is 3. The van der Waals surface area contributed by atoms with Crippen molar-refractivity contribution in [2.75, 3.05) is 20.7 Å². The van der Waals surface area contributed by atoms with Gasteiger partial charge in [-0.25, -0.2) is 0 Å². The zero-order valence-corrected chi connectivity index (χ0v) is 29.3. The van der Waals surface area contributed by atoms with Crippen molar-refractivity contribution in [2.24, 2.45) is 5.92 Å². The van der Waals surface area contributed by atoms with Crippen molar-refractivity contribution < 1.29 is 38.4 Å². The number of esters is 1. The Kier molecular flexibility index (Phi) is 13.2. The average Bonchev–Trinajstić information content (AvgIpc) is 3.77. The highest BCUT2D eigenvalue weighted by molar-refractivity contribution is 5.87. The highest BCUT2D eigenvalue weighted by atomic mass is 16.6. The molecule has 4 rings (SSSR count). The number of nitrogens with one attached hydrogen (secondary N) is 2. The van der Waals surface area contributed by atoms with Crippen molar-refractivity contribution in [2.45, 2.75) is 146 Å². The summed E-state index contributed by atoms with van der Waals surface area (Å²) in [6.07, 6.45) is 13.0. The minimum atomic E-state index is -0.790. The molecule has 11 nitrogen and oxygen atoms in total. The lowest BCUT2D eigenvalue weighted by atomic mass is 9.87. The Morgan fingerprint density at radius 2 is 1.77 bits per heavy atom. The van der Waals surface area contributed by atoms with Gasteiger partial charge < -0.3 is 39.6 Å². The van der Waals surface area contributed by atoms with E-state index >= 15 is 0 Å². The molecule has 3 aliphatic heterocycles. The first-order valence-corrected chi connectivity index (χ1v) is 17.3. The third kappa shape index (κ3) is 11.0. The van der Waals surface area contributed by atoms with Crippen LogP contribution in [0.1, 0.15) is 86.0 Å². The molecule has 1 saturated carbocycles. The molecule has 264 valence electrons. The van der Waals surface area contributed by atoms with Crippen LogP contribution < -0.4 is 10.6 Å². The molecule has 4 aliphatic rings. The fraction of sp³-hybridized carbons (Fsp3) is 0.750. The molecular formula is C36H57N3O8. The Balaban J connectivity index is 1.24. The molecule has 3 heterocycles. The van der Waals surface area contributed by atoms with Crippen LogP contribution in [0.15, 0.2) is 36.0 Å². The van der Waals surface area contributed by atoms with E-state index in [9.17, 15) is 19.5 Å². The van der Waals surface area contributed by atoms with Crippen LogP contribution in [0.5, 0.6) is 0 Å². The topological polar surface area (TPSA) is 139 Å². The van der Waals surface area contributed by atoms with Gasteiger partial charge in [0, 0.05) is 31.5 Å². The van der Waals surface area contributed by atoms with Crippen LogP contribution in [0.3, 0.4) is 0 Å². The van der Waals surface area contributed by atoms with Gasteiger partial charge in [-0.05, 0) is 85.4 Å². The van der Waals surface area contributed by atoms with Gasteiger partial charge in [0.1, 0.15) is 23.9 Å². The Morgan fingerprint density at radius 3 is 2.40 bits per heavy atom. The lowest BCUT2D eigenvalue weighted by molar-refractivity contribution is -0.146. The number of amides is 2. The average molecular weight is 660 g/mol. The van der Waals surface area contributed by atoms with Gasteiger partial charge in [-0.15, -0.1) is 0 Å². The summed E-state index contributed by atoms with van der Waals surface area (Å²) < 4.78 is 23.3. The van der Waals surface area contributed by atoms with E-state index in [1.54, 1.807) is 13.0 Å². The molecule has 0 unspecified atom stereocenters. The van der Waals surface area contributed by atoms with Crippen LogP contribution in [0, 0.1) is 5.92 Å². The molecule has 0 aromatic carbocycles. The van der Waals surface area contributed by atoms with Crippen molar-refractivity contribution in [3.8, 4) is 0 Å². The minimum absolute atomic E-state index is 0.00140. The van der Waals surface area contributed by atoms with E-state index in [0.717, 1.165) is 37.7 Å². The van der Waals surface area contributed by atoms with Crippen LogP contribution in [-0.2, 0) is 33.3 Å². The van der Waals surface area contributed by atoms with Gasteiger partial charge in [-0.1, -0.05) is 30.7 Å². The maximum absolute atomic E-state index is 12.9. The summed E-state index contributed by atoms with van der Waals surface area (Å²) in [6, 6.07) is 0.663. The molecule has 1 aliphatic carbocycles. The van der Waals surface area contributed by atoms with Crippen molar-refractivity contribution in [3.63, 3.8) is 0 Å². The summed E-state index contributed by atoms with van der Waals surface area (Å²) in [7, 11) is 4.22. The third-order valence-corrected chi connectivity index (χ3v) is 10.1. The molecule has 11 heteroatoms. The number of nitrogens with zero attached hydrogens (tertiary/aromatic N) is 1. The lowest BCUT2D eigenvalue weighted by Gasteiger charge is -2.39. The monoisotopic (exact) mass is 659 g/mol. The van der Waals surface area contributed by atoms with E-state index < -0.39 is 29.9 Å². The maximum Gasteiger partial charge on any atom is 0.303 e. The zero-order chi connectivity index (χ0) is 34.3. The van der Waals surface area contributed by atoms with E-state index in [2.05, 4.69) is 42.6 Å². The van der Waals surface area contributed by atoms with Crippen molar-refractivity contribution >= 4 is 17.8 Å². The van der Waals surface area contributed by atoms with E-state index in [1.165, 1.54) is 13.0 Å². The molecule has 3 N–H and O–H groups in total. The smallest absolute Gasteiger partial charge is 0.303 e. The molecule has 4 fully saturated rings. The molecule has 47 heavy (non-hydrogen) atoms. The minimum Gasteiger partial charge on any atom is -0.459 e. The van der Waals surface area contributed by atoms with Gasteiger partial charge in [0.05, 0.1) is 37.4 Å². The summed E-state index contributed by atoms with van der Waals surface area (Å²) in [4.78, 5) is 38.7. The predicted octanol–water partition coefficient (Wildman–Crippen LogP) is 3.35. The fourth-order valence-electron chi connectivity index (χ4n) is 7.12. The Hall–Kier alpha value is -2.57. The van der Waals surface area contributed by atoms with Gasteiger partial charge in [-0.2, -0.15) is 0 Å². The second-order valence-corrected chi connectivity index (χ2v) is 14.4. The number of aliphatic hydroxyl groups excluding tert-OH is 1. The number of aliphatic hydroxyl groups is 1. The molecule has 0 aromatic rings. The summed E-state index contributed by atoms with van der Waals surface area (Å²) >= 11 is 0. The number of epoxide rings is 1. The summed E-state index contributed by atoms with van der Waals surface area (Å²) in [5.41, 5.74) is 0.384. The van der Waals surface area contributed by atoms with Crippen molar-refractivity contribution in [3.05, 3.63) is 36.0 Å². The maximum atomic E-state index is 12.9. The Bertz CT molecular complexity index is 1170. The summed E-state index contributed by atoms with van der Waals surface area (Å²) in [6.45, 7) is 9.61. The largest absolute Gasteiger partial charge is 0.459 e. The van der Waals surface area contributed by atoms with Gasteiger partial charge in [0.15, 0.2) is 0 Å². The van der Waals surface area contributed by atoms with E-state index in [4.69, 9.17) is 18.9 Å². The van der Waals surface area contributed by atoms with Crippen LogP contribution in [0.25, 0.3) is 0 Å². The number of hydrogen-bond donors (Lipinski definition) is 3. The first-order chi connectivity index (χ1) is 22.2. The van der Waals surface area contributed by atoms with Gasteiger partial charge in [-0.3, -0.25) is 14.4 Å². The van der Waals surface area contributed by atoms with E-state index in [-0.39, 0.29) is 54.5 Å². The molecule has 0 aromatic heterocycles. The Morgan fingerprint density at radius 1 is 1.06 bits per heavy atom. The third-order valence-electron chi connectivity index (χ3n) is 10.1. The first kappa shape index (κ1) is 37.3. The quantitative estimate of drug-likeness (QED) is 0.125. The van der Waals surface area contributed by atoms with Crippen LogP contribution in [-0.4, -0.2) is 109 Å². The van der Waals surface area contributed by atoms with Gasteiger partial charge >= 0.3 is 5.97 Å². The Labute approximate surface area is 280 Å². The highest BCUT2D eigenvalue weighted by Crippen LogP contribution is 2.43. The standard InChI is InChI=1S/C36H57N3O8/c1-22(8-15-31-23(2)18-30(25(4)46-31)38-33(41)17-10-24(3)45-26(5)40)9-16-32-35(43)36(21-44-36)20-29(47-32)19-34(42)37-27-11-13-28(14-12-27)39(6)7/h8-10,16-17,23-25,27-32,35,43H,11-15,18-21H2,1-7H3,(H,37,42)(H,38,41)/b16-9+,17-10-,22-8+/t23-,24-,25+,27?,28?,29+,30+,31-,32+,35+,36+/m0/s1. The van der Waals surface area contributed by atoms with Crippen molar-refractivity contribution in [1.29, 1.82) is 0 Å². The number of rotatable bonds is 12. The number of carbonyl (C=O) groups excluding carboxylic acids is 3. The van der Waals surface area contributed by atoms with Gasteiger partial charge in [0.2, 0.25) is 11.8 Å². The second-order valence-electron chi connectivity index (χ2n) is 14.4. The van der Waals surface area contributed by atoms with Crippen LogP contribution >= 0.6 is 0 Å². The number of hydrogen-bond acceptors (Lipinski definition) is 9. The predicted molar refractivity (Wildman–Crippen MR) is 178 cm³/mol. The van der Waals surface area contributed by atoms with Crippen LogP contribution in [0.4, 0.5) is 0 Å². The molecule has 0 bridgehead atoms. The van der Waals surface area contributed by atoms with E-state index in [1.807, 2.05) is 26.0 Å². The van der Waals surface area contributed by atoms with Crippen LogP contribution in [0.2, 0.25) is 0 Å². The SMILES string of the molecule is CC(=O)O[C@@H](C)/C=C\C(=O)N[C@@H]1C[C@H](C)[C@H](C/C=C(C)/C=C/[C@H]2O[C@H](CC(=O)NC3CCC(N(C)C)CC3)C[C@@]3(CO3)[C@@H]2O)O[C@@H]1C. The number of ether oxygens (including phenoxy) is 4. The molecular weight excluding hydrogens is 602 g/mol. The fourth-order valence-corrected chi connectivity index (χ4v) is 7.12. The lowest BCUT2D eigenvalue weighted by Crippen LogP contribution is -2.51. The number of allylic oxidation sites excluding steroid dienone is 2. The van der Waals surface area contributed by atoms with E-state index in [0.29, 0.717) is 25.5 Å². The summed E-state index contributed by atoms with van der Waals surface area (Å²) in [5.74, 6) is -0.418. The molecule has 1 spiro atoms. The second kappa shape index (κ2) is 16.7.